The van der Waals surface area contributed by atoms with Crippen LogP contribution >= 0.6 is 27.3 Å². The first-order chi connectivity index (χ1) is 18.0. The highest BCUT2D eigenvalue weighted by molar-refractivity contribution is 9.10. The SMILES string of the molecule is COc1ccc(-c2nn(-c3ccccc3)cc2/C=c2\sc3nc(-c4ccc(C)cc4)nn3c2=O)cc1Br. The molecule has 3 heterocycles. The highest BCUT2D eigenvalue weighted by Gasteiger charge is 2.16. The molecule has 0 saturated carbocycles. The van der Waals surface area contributed by atoms with Crippen LogP contribution in [0.15, 0.2) is 88.3 Å². The number of benzene rings is 3. The molecule has 0 N–H and O–H groups in total. The molecule has 37 heavy (non-hydrogen) atoms. The second-order valence-corrected chi connectivity index (χ2v) is 10.3. The van der Waals surface area contributed by atoms with Crippen molar-refractivity contribution in [2.24, 2.45) is 0 Å². The number of aryl methyl sites for hydroxylation is 1. The van der Waals surface area contributed by atoms with E-state index in [1.165, 1.54) is 15.9 Å². The molecule has 0 saturated heterocycles. The van der Waals surface area contributed by atoms with Crippen LogP contribution in [-0.4, -0.2) is 31.5 Å². The molecule has 0 amide bonds. The van der Waals surface area contributed by atoms with Gasteiger partial charge in [-0.05, 0) is 59.3 Å². The summed E-state index contributed by atoms with van der Waals surface area (Å²) >= 11 is 4.88. The molecule has 0 aliphatic heterocycles. The maximum atomic E-state index is 13.3. The van der Waals surface area contributed by atoms with Gasteiger partial charge in [0.15, 0.2) is 5.82 Å². The summed E-state index contributed by atoms with van der Waals surface area (Å²) in [6.07, 6.45) is 3.78. The highest BCUT2D eigenvalue weighted by atomic mass is 79.9. The Labute approximate surface area is 224 Å². The average Bonchev–Trinajstić information content (AvgIpc) is 3.60. The van der Waals surface area contributed by atoms with E-state index >= 15 is 0 Å². The predicted molar refractivity (Wildman–Crippen MR) is 149 cm³/mol. The smallest absolute Gasteiger partial charge is 0.291 e. The molecule has 0 unspecified atom stereocenters. The summed E-state index contributed by atoms with van der Waals surface area (Å²) in [5.74, 6) is 1.27. The van der Waals surface area contributed by atoms with E-state index in [0.717, 1.165) is 43.9 Å². The van der Waals surface area contributed by atoms with Gasteiger partial charge in [0.05, 0.1) is 21.8 Å². The molecule has 182 valence electrons. The molecule has 7 nitrogen and oxygen atoms in total. The van der Waals surface area contributed by atoms with Crippen LogP contribution in [0, 0.1) is 6.92 Å². The molecule has 0 radical (unpaired) electrons. The van der Waals surface area contributed by atoms with Gasteiger partial charge in [-0.25, -0.2) is 4.68 Å². The van der Waals surface area contributed by atoms with Crippen molar-refractivity contribution >= 4 is 38.3 Å². The molecule has 0 fully saturated rings. The standard InChI is InChI=1S/C28H20BrN5O2S/c1-17-8-10-18(11-9-17)26-30-28-34(32-26)27(35)24(37-28)15-20-16-33(21-6-4-3-5-7-21)31-25(20)19-12-13-23(36-2)22(29)14-19/h3-16H,1-2H3/b24-15-. The Morgan fingerprint density at radius 2 is 1.73 bits per heavy atom. The van der Waals surface area contributed by atoms with Gasteiger partial charge in [0.1, 0.15) is 11.4 Å². The monoisotopic (exact) mass is 569 g/mol. The van der Waals surface area contributed by atoms with Gasteiger partial charge < -0.3 is 4.74 Å². The number of ether oxygens (including phenoxy) is 1. The summed E-state index contributed by atoms with van der Waals surface area (Å²) in [6, 6.07) is 23.6. The van der Waals surface area contributed by atoms with Crippen molar-refractivity contribution in [1.29, 1.82) is 0 Å². The number of halogens is 1. The third-order valence-corrected chi connectivity index (χ3v) is 7.55. The molecule has 9 heteroatoms. The molecule has 6 aromatic rings. The fraction of sp³-hybridized carbons (Fsp3) is 0.0714. The van der Waals surface area contributed by atoms with Crippen LogP contribution in [-0.2, 0) is 0 Å². The van der Waals surface area contributed by atoms with E-state index in [1.807, 2.05) is 96.7 Å². The minimum atomic E-state index is -0.208. The summed E-state index contributed by atoms with van der Waals surface area (Å²) in [5, 5.41) is 9.34. The number of methoxy groups -OCH3 is 1. The first-order valence-electron chi connectivity index (χ1n) is 11.5. The normalized spacial score (nSPS) is 11.9. The maximum absolute atomic E-state index is 13.3. The van der Waals surface area contributed by atoms with Gasteiger partial charge >= 0.3 is 0 Å². The largest absolute Gasteiger partial charge is 0.496 e. The lowest BCUT2D eigenvalue weighted by Crippen LogP contribution is -2.23. The molecule has 0 bridgehead atoms. The molecular weight excluding hydrogens is 550 g/mol. The second-order valence-electron chi connectivity index (χ2n) is 8.47. The Morgan fingerprint density at radius 1 is 0.973 bits per heavy atom. The molecule has 3 aromatic carbocycles. The number of nitrogens with zero attached hydrogens (tertiary/aromatic N) is 5. The predicted octanol–water partition coefficient (Wildman–Crippen LogP) is 5.30. The summed E-state index contributed by atoms with van der Waals surface area (Å²) in [4.78, 5) is 18.4. The fourth-order valence-corrected chi connectivity index (χ4v) is 5.48. The van der Waals surface area contributed by atoms with E-state index in [2.05, 4.69) is 26.0 Å². The van der Waals surface area contributed by atoms with Crippen molar-refractivity contribution in [3.63, 3.8) is 0 Å². The molecular formula is C28H20BrN5O2S. The summed E-state index contributed by atoms with van der Waals surface area (Å²) in [6.45, 7) is 2.03. The fourth-order valence-electron chi connectivity index (χ4n) is 4.04. The van der Waals surface area contributed by atoms with Crippen molar-refractivity contribution in [3.05, 3.63) is 109 Å². The van der Waals surface area contributed by atoms with Crippen LogP contribution < -0.4 is 14.8 Å². The number of rotatable bonds is 5. The minimum Gasteiger partial charge on any atom is -0.496 e. The Morgan fingerprint density at radius 3 is 2.43 bits per heavy atom. The lowest BCUT2D eigenvalue weighted by Gasteiger charge is -2.05. The number of hydrogen-bond donors (Lipinski definition) is 0. The molecule has 6 rings (SSSR count). The van der Waals surface area contributed by atoms with Gasteiger partial charge in [0, 0.05) is 22.9 Å². The quantitative estimate of drug-likeness (QED) is 0.282. The number of thiazole rings is 1. The lowest BCUT2D eigenvalue weighted by atomic mass is 10.1. The number of fused-ring (bicyclic) bond motifs is 1. The molecule has 3 aromatic heterocycles. The Hall–Kier alpha value is -4.08. The van der Waals surface area contributed by atoms with E-state index in [4.69, 9.17) is 9.84 Å². The third kappa shape index (κ3) is 4.36. The Bertz CT molecular complexity index is 1860. The van der Waals surface area contributed by atoms with Crippen LogP contribution in [0.3, 0.4) is 0 Å². The molecule has 0 aliphatic carbocycles. The van der Waals surface area contributed by atoms with E-state index < -0.39 is 0 Å². The van der Waals surface area contributed by atoms with E-state index in [9.17, 15) is 4.79 Å². The van der Waals surface area contributed by atoms with Crippen molar-refractivity contribution in [2.75, 3.05) is 7.11 Å². The average molecular weight is 570 g/mol. The zero-order chi connectivity index (χ0) is 25.5. The van der Waals surface area contributed by atoms with Gasteiger partial charge in [-0.3, -0.25) is 4.79 Å². The molecule has 0 atom stereocenters. The van der Waals surface area contributed by atoms with Gasteiger partial charge in [0.25, 0.3) is 5.56 Å². The number of hydrogen-bond acceptors (Lipinski definition) is 6. The summed E-state index contributed by atoms with van der Waals surface area (Å²) < 4.78 is 9.93. The van der Waals surface area contributed by atoms with Crippen molar-refractivity contribution in [1.82, 2.24) is 24.4 Å². The van der Waals surface area contributed by atoms with E-state index in [1.54, 1.807) is 7.11 Å². The van der Waals surface area contributed by atoms with Crippen LogP contribution in [0.4, 0.5) is 0 Å². The highest BCUT2D eigenvalue weighted by Crippen LogP contribution is 2.32. The second kappa shape index (κ2) is 9.42. The van der Waals surface area contributed by atoms with E-state index in [0.29, 0.717) is 15.3 Å². The lowest BCUT2D eigenvalue weighted by molar-refractivity contribution is 0.412. The van der Waals surface area contributed by atoms with Gasteiger partial charge in [-0.15, -0.1) is 5.10 Å². The van der Waals surface area contributed by atoms with E-state index in [-0.39, 0.29) is 5.56 Å². The maximum Gasteiger partial charge on any atom is 0.291 e. The van der Waals surface area contributed by atoms with Crippen LogP contribution in [0.5, 0.6) is 5.75 Å². The van der Waals surface area contributed by atoms with Gasteiger partial charge in [0.2, 0.25) is 4.96 Å². The summed E-state index contributed by atoms with van der Waals surface area (Å²) in [5.41, 5.74) is 5.18. The molecule has 0 spiro atoms. The first kappa shape index (κ1) is 23.3. The van der Waals surface area contributed by atoms with Crippen molar-refractivity contribution in [3.8, 4) is 34.1 Å². The number of para-hydroxylation sites is 1. The minimum absolute atomic E-state index is 0.208. The summed E-state index contributed by atoms with van der Waals surface area (Å²) in [7, 11) is 1.63. The van der Waals surface area contributed by atoms with Crippen LogP contribution in [0.2, 0.25) is 0 Å². The first-order valence-corrected chi connectivity index (χ1v) is 13.1. The van der Waals surface area contributed by atoms with Gasteiger partial charge in [-0.1, -0.05) is 59.4 Å². The zero-order valence-electron chi connectivity index (χ0n) is 19.9. The van der Waals surface area contributed by atoms with Gasteiger partial charge in [-0.2, -0.15) is 14.6 Å². The Balaban J connectivity index is 1.48. The molecule has 0 aliphatic rings. The zero-order valence-corrected chi connectivity index (χ0v) is 22.3. The van der Waals surface area contributed by atoms with Crippen molar-refractivity contribution < 1.29 is 4.74 Å². The van der Waals surface area contributed by atoms with Crippen molar-refractivity contribution in [2.45, 2.75) is 6.92 Å². The van der Waals surface area contributed by atoms with Crippen LogP contribution in [0.1, 0.15) is 11.1 Å². The topological polar surface area (TPSA) is 74.3 Å². The Kier molecular flexibility index (Phi) is 5.94. The third-order valence-electron chi connectivity index (χ3n) is 5.97. The van der Waals surface area contributed by atoms with Crippen LogP contribution in [0.25, 0.3) is 39.4 Å². The number of aromatic nitrogens is 5.